The van der Waals surface area contributed by atoms with Crippen LogP contribution >= 0.6 is 31.9 Å². The van der Waals surface area contributed by atoms with Gasteiger partial charge in [0.1, 0.15) is 11.4 Å². The van der Waals surface area contributed by atoms with Crippen LogP contribution in [-0.4, -0.2) is 9.97 Å². The summed E-state index contributed by atoms with van der Waals surface area (Å²) in [6.07, 6.45) is 0. The van der Waals surface area contributed by atoms with Gasteiger partial charge in [0.2, 0.25) is 0 Å². The molecule has 4 heteroatoms. The van der Waals surface area contributed by atoms with Crippen LogP contribution in [0.15, 0.2) is 33.2 Å². The van der Waals surface area contributed by atoms with Crippen molar-refractivity contribution in [3.8, 4) is 11.4 Å². The molecule has 2 heterocycles. The minimum atomic E-state index is 0.397. The molecule has 2 aromatic rings. The van der Waals surface area contributed by atoms with Gasteiger partial charge in [-0.1, -0.05) is 27.7 Å². The maximum Gasteiger partial charge on any atom is 0.104 e. The van der Waals surface area contributed by atoms with Crippen molar-refractivity contribution < 1.29 is 0 Å². The van der Waals surface area contributed by atoms with Crippen LogP contribution in [0.3, 0.4) is 0 Å². The average molecular weight is 398 g/mol. The van der Waals surface area contributed by atoms with E-state index in [1.807, 2.05) is 12.1 Å². The molecule has 0 bridgehead atoms. The Kier molecular flexibility index (Phi) is 4.97. The van der Waals surface area contributed by atoms with E-state index in [0.717, 1.165) is 31.7 Å². The molecule has 106 valence electrons. The van der Waals surface area contributed by atoms with Gasteiger partial charge in [-0.2, -0.15) is 0 Å². The lowest BCUT2D eigenvalue weighted by Gasteiger charge is -2.12. The molecule has 0 amide bonds. The third kappa shape index (κ3) is 3.29. The third-order valence-corrected chi connectivity index (χ3v) is 4.42. The fourth-order valence-corrected chi connectivity index (χ4v) is 2.71. The summed E-state index contributed by atoms with van der Waals surface area (Å²) in [7, 11) is 0. The second-order valence-corrected chi connectivity index (χ2v) is 7.15. The van der Waals surface area contributed by atoms with E-state index in [1.54, 1.807) is 0 Å². The highest BCUT2D eigenvalue weighted by molar-refractivity contribution is 9.11. The Balaban J connectivity index is 2.61. The molecule has 0 aliphatic rings. The van der Waals surface area contributed by atoms with Crippen LogP contribution in [0.1, 0.15) is 50.9 Å². The van der Waals surface area contributed by atoms with E-state index in [2.05, 4.69) is 71.7 Å². The van der Waals surface area contributed by atoms with Gasteiger partial charge in [-0.05, 0) is 68.0 Å². The number of halogens is 2. The second kappa shape index (κ2) is 6.35. The Morgan fingerprint density at radius 1 is 0.700 bits per heavy atom. The van der Waals surface area contributed by atoms with Gasteiger partial charge in [0.05, 0.1) is 0 Å². The Hall–Kier alpha value is -0.740. The summed E-state index contributed by atoms with van der Waals surface area (Å²) >= 11 is 7.18. The Morgan fingerprint density at radius 3 is 1.35 bits per heavy atom. The molecule has 20 heavy (non-hydrogen) atoms. The van der Waals surface area contributed by atoms with Crippen LogP contribution in [0.25, 0.3) is 11.4 Å². The standard InChI is InChI=1S/C16H18Br2N2/c1-9(2)13-7-5-11(17)15(19-13)16-12(18)6-8-14(20-16)10(3)4/h5-10H,1-4H3. The highest BCUT2D eigenvalue weighted by Crippen LogP contribution is 2.33. The number of hydrogen-bond acceptors (Lipinski definition) is 2. The van der Waals surface area contributed by atoms with E-state index in [0.29, 0.717) is 11.8 Å². The van der Waals surface area contributed by atoms with Gasteiger partial charge < -0.3 is 0 Å². The molecule has 0 N–H and O–H groups in total. The lowest BCUT2D eigenvalue weighted by molar-refractivity contribution is 0.814. The zero-order chi connectivity index (χ0) is 14.9. The van der Waals surface area contributed by atoms with Crippen molar-refractivity contribution in [1.82, 2.24) is 9.97 Å². The van der Waals surface area contributed by atoms with Crippen LogP contribution in [-0.2, 0) is 0 Å². The molecule has 0 fully saturated rings. The van der Waals surface area contributed by atoms with Crippen LogP contribution in [0.5, 0.6) is 0 Å². The van der Waals surface area contributed by atoms with Crippen molar-refractivity contribution >= 4 is 31.9 Å². The minimum absolute atomic E-state index is 0.397. The van der Waals surface area contributed by atoms with E-state index < -0.39 is 0 Å². The maximum absolute atomic E-state index is 4.76. The predicted octanol–water partition coefficient (Wildman–Crippen LogP) is 5.92. The summed E-state index contributed by atoms with van der Waals surface area (Å²) < 4.78 is 1.94. The first-order valence-electron chi connectivity index (χ1n) is 6.73. The van der Waals surface area contributed by atoms with E-state index >= 15 is 0 Å². The molecule has 0 aliphatic heterocycles. The summed E-state index contributed by atoms with van der Waals surface area (Å²) in [5.74, 6) is 0.794. The quantitative estimate of drug-likeness (QED) is 0.642. The van der Waals surface area contributed by atoms with Crippen LogP contribution in [0.4, 0.5) is 0 Å². The number of rotatable bonds is 3. The summed E-state index contributed by atoms with van der Waals surface area (Å²) in [6, 6.07) is 8.21. The maximum atomic E-state index is 4.76. The summed E-state index contributed by atoms with van der Waals surface area (Å²) in [5.41, 5.74) is 3.94. The van der Waals surface area contributed by atoms with Crippen LogP contribution in [0, 0.1) is 0 Å². The first-order valence-corrected chi connectivity index (χ1v) is 8.32. The molecule has 0 saturated heterocycles. The van der Waals surface area contributed by atoms with Crippen molar-refractivity contribution in [1.29, 1.82) is 0 Å². The summed E-state index contributed by atoms with van der Waals surface area (Å²) in [6.45, 7) is 8.58. The zero-order valence-electron chi connectivity index (χ0n) is 12.1. The van der Waals surface area contributed by atoms with E-state index in [9.17, 15) is 0 Å². The Labute approximate surface area is 137 Å². The van der Waals surface area contributed by atoms with E-state index in [1.165, 1.54) is 0 Å². The topological polar surface area (TPSA) is 25.8 Å². The summed E-state index contributed by atoms with van der Waals surface area (Å²) in [5, 5.41) is 0. The van der Waals surface area contributed by atoms with Crippen molar-refractivity contribution in [2.45, 2.75) is 39.5 Å². The molecule has 2 nitrogen and oxygen atoms in total. The van der Waals surface area contributed by atoms with Gasteiger partial charge in [-0.3, -0.25) is 0 Å². The van der Waals surface area contributed by atoms with Crippen molar-refractivity contribution in [3.63, 3.8) is 0 Å². The van der Waals surface area contributed by atoms with Gasteiger partial charge in [-0.25, -0.2) is 9.97 Å². The predicted molar refractivity (Wildman–Crippen MR) is 91.0 cm³/mol. The molecular formula is C16H18Br2N2. The van der Waals surface area contributed by atoms with E-state index in [4.69, 9.17) is 9.97 Å². The molecule has 0 atom stereocenters. The first kappa shape index (κ1) is 15.6. The van der Waals surface area contributed by atoms with Crippen LogP contribution < -0.4 is 0 Å². The van der Waals surface area contributed by atoms with E-state index in [-0.39, 0.29) is 0 Å². The van der Waals surface area contributed by atoms with Crippen molar-refractivity contribution in [2.24, 2.45) is 0 Å². The van der Waals surface area contributed by atoms with Gasteiger partial charge in [-0.15, -0.1) is 0 Å². The van der Waals surface area contributed by atoms with Crippen molar-refractivity contribution in [2.75, 3.05) is 0 Å². The Morgan fingerprint density at radius 2 is 1.05 bits per heavy atom. The van der Waals surface area contributed by atoms with Gasteiger partial charge >= 0.3 is 0 Å². The average Bonchev–Trinajstić information content (AvgIpc) is 2.39. The number of hydrogen-bond donors (Lipinski definition) is 0. The molecule has 0 aliphatic carbocycles. The lowest BCUT2D eigenvalue weighted by Crippen LogP contribution is -2.00. The molecule has 0 spiro atoms. The number of aromatic nitrogens is 2. The van der Waals surface area contributed by atoms with Crippen LogP contribution in [0.2, 0.25) is 0 Å². The molecule has 0 unspecified atom stereocenters. The normalized spacial score (nSPS) is 11.4. The minimum Gasteiger partial charge on any atom is -0.250 e. The second-order valence-electron chi connectivity index (χ2n) is 5.44. The van der Waals surface area contributed by atoms with Gasteiger partial charge in [0.15, 0.2) is 0 Å². The third-order valence-electron chi connectivity index (χ3n) is 3.14. The van der Waals surface area contributed by atoms with Gasteiger partial charge in [0.25, 0.3) is 0 Å². The first-order chi connectivity index (χ1) is 9.40. The highest BCUT2D eigenvalue weighted by atomic mass is 79.9. The number of nitrogens with zero attached hydrogens (tertiary/aromatic N) is 2. The fraction of sp³-hybridized carbons (Fsp3) is 0.375. The monoisotopic (exact) mass is 396 g/mol. The largest absolute Gasteiger partial charge is 0.250 e. The van der Waals surface area contributed by atoms with Gasteiger partial charge in [0, 0.05) is 20.3 Å². The fourth-order valence-electron chi connectivity index (χ4n) is 1.89. The number of pyridine rings is 2. The molecule has 0 saturated carbocycles. The molecular weight excluding hydrogens is 380 g/mol. The molecule has 0 aromatic carbocycles. The highest BCUT2D eigenvalue weighted by Gasteiger charge is 2.14. The molecule has 2 rings (SSSR count). The zero-order valence-corrected chi connectivity index (χ0v) is 15.3. The lowest BCUT2D eigenvalue weighted by atomic mass is 10.1. The van der Waals surface area contributed by atoms with Crippen molar-refractivity contribution in [3.05, 3.63) is 44.6 Å². The smallest absolute Gasteiger partial charge is 0.104 e. The summed E-state index contributed by atoms with van der Waals surface area (Å²) in [4.78, 5) is 9.53. The molecule has 2 aromatic heterocycles. The molecule has 0 radical (unpaired) electrons. The SMILES string of the molecule is CC(C)c1ccc(Br)c(-c2nc(C(C)C)ccc2Br)n1. The Bertz CT molecular complexity index is 566.